The van der Waals surface area contributed by atoms with Crippen LogP contribution < -0.4 is 9.62 Å². The summed E-state index contributed by atoms with van der Waals surface area (Å²) < 4.78 is 27.4. The van der Waals surface area contributed by atoms with Crippen molar-refractivity contribution in [2.75, 3.05) is 16.7 Å². The maximum Gasteiger partial charge on any atom is 0.264 e. The second-order valence-electron chi connectivity index (χ2n) is 9.28. The van der Waals surface area contributed by atoms with Crippen LogP contribution >= 0.6 is 0 Å². The molecule has 4 aliphatic rings. The van der Waals surface area contributed by atoms with Gasteiger partial charge in [-0.25, -0.2) is 8.42 Å². The van der Waals surface area contributed by atoms with Crippen LogP contribution in [0.15, 0.2) is 59.5 Å². The summed E-state index contributed by atoms with van der Waals surface area (Å²) in [7, 11) is -2.16. The number of hydrogen-bond acceptors (Lipinski definition) is 3. The second-order valence-corrected chi connectivity index (χ2v) is 11.3. The van der Waals surface area contributed by atoms with Crippen LogP contribution in [0.5, 0.6) is 0 Å². The van der Waals surface area contributed by atoms with Crippen LogP contribution in [0, 0.1) is 29.6 Å². The van der Waals surface area contributed by atoms with Gasteiger partial charge < -0.3 is 5.32 Å². The van der Waals surface area contributed by atoms with Crippen LogP contribution in [0.3, 0.4) is 0 Å². The fourth-order valence-electron chi connectivity index (χ4n) is 6.25. The van der Waals surface area contributed by atoms with Crippen LogP contribution in [-0.2, 0) is 14.8 Å². The number of carbonyl (C=O) groups excluding carboxylic acids is 1. The molecule has 0 radical (unpaired) electrons. The molecule has 0 heterocycles. The Kier molecular flexibility index (Phi) is 4.85. The van der Waals surface area contributed by atoms with Crippen LogP contribution in [0.2, 0.25) is 0 Å². The van der Waals surface area contributed by atoms with Crippen LogP contribution in [0.1, 0.15) is 32.1 Å². The van der Waals surface area contributed by atoms with Crippen molar-refractivity contribution < 1.29 is 13.2 Å². The molecule has 6 rings (SSSR count). The Bertz CT molecular complexity index is 1020. The first-order valence-corrected chi connectivity index (χ1v) is 12.3. The van der Waals surface area contributed by atoms with Gasteiger partial charge in [-0.15, -0.1) is 0 Å². The Morgan fingerprint density at radius 3 is 2.17 bits per heavy atom. The molecule has 4 saturated carbocycles. The van der Waals surface area contributed by atoms with Gasteiger partial charge in [-0.3, -0.25) is 9.10 Å². The van der Waals surface area contributed by atoms with E-state index in [1.807, 2.05) is 18.2 Å². The second kappa shape index (κ2) is 7.41. The highest BCUT2D eigenvalue weighted by atomic mass is 32.2. The minimum Gasteiger partial charge on any atom is -0.326 e. The fraction of sp³-hybridized carbons (Fsp3) is 0.458. The Hall–Kier alpha value is -2.34. The largest absolute Gasteiger partial charge is 0.326 e. The molecule has 2 aromatic rings. The third kappa shape index (κ3) is 3.41. The van der Waals surface area contributed by atoms with Gasteiger partial charge in [-0.05, 0) is 86.1 Å². The average molecular weight is 425 g/mol. The van der Waals surface area contributed by atoms with Gasteiger partial charge in [0.1, 0.15) is 0 Å². The quantitative estimate of drug-likeness (QED) is 0.767. The Balaban J connectivity index is 1.35. The molecule has 1 amide bonds. The van der Waals surface area contributed by atoms with E-state index in [1.165, 1.54) is 36.4 Å². The van der Waals surface area contributed by atoms with E-state index < -0.39 is 10.0 Å². The normalized spacial score (nSPS) is 29.6. The van der Waals surface area contributed by atoms with E-state index in [0.29, 0.717) is 23.2 Å². The Morgan fingerprint density at radius 1 is 0.900 bits per heavy atom. The molecule has 6 heteroatoms. The summed E-state index contributed by atoms with van der Waals surface area (Å²) in [5, 5.41) is 3.04. The first kappa shape index (κ1) is 19.6. The number of hydrogen-bond donors (Lipinski definition) is 1. The third-order valence-corrected chi connectivity index (χ3v) is 9.19. The zero-order chi connectivity index (χ0) is 20.9. The number of anilines is 2. The SMILES string of the molecule is CN(c1ccccc1)S(=O)(=O)c1cccc(NC(=O)C2C3CC4CC(C3)CC2C4)c1. The molecular formula is C24H28N2O3S. The molecule has 5 nitrogen and oxygen atoms in total. The molecule has 0 aromatic heterocycles. The van der Waals surface area contributed by atoms with Gasteiger partial charge in [0.2, 0.25) is 5.91 Å². The van der Waals surface area contributed by atoms with Crippen LogP contribution in [0.25, 0.3) is 0 Å². The van der Waals surface area contributed by atoms with Crippen LogP contribution in [0.4, 0.5) is 11.4 Å². The number of amides is 1. The number of rotatable bonds is 5. The molecule has 30 heavy (non-hydrogen) atoms. The Labute approximate surface area is 178 Å². The monoisotopic (exact) mass is 424 g/mol. The maximum atomic E-state index is 13.1. The van der Waals surface area contributed by atoms with Gasteiger partial charge in [0.15, 0.2) is 0 Å². The minimum atomic E-state index is -3.71. The average Bonchev–Trinajstić information content (AvgIpc) is 2.73. The minimum absolute atomic E-state index is 0.0646. The van der Waals surface area contributed by atoms with Gasteiger partial charge in [0.05, 0.1) is 10.6 Å². The molecule has 4 aliphatic carbocycles. The van der Waals surface area contributed by atoms with Gasteiger partial charge in [0, 0.05) is 18.7 Å². The summed E-state index contributed by atoms with van der Waals surface area (Å²) in [6, 6.07) is 15.6. The third-order valence-electron chi connectivity index (χ3n) is 7.41. The van der Waals surface area contributed by atoms with E-state index in [-0.39, 0.29) is 16.7 Å². The van der Waals surface area contributed by atoms with E-state index in [4.69, 9.17) is 0 Å². The summed E-state index contributed by atoms with van der Waals surface area (Å²) in [6.45, 7) is 0. The first-order valence-electron chi connectivity index (χ1n) is 10.9. The summed E-state index contributed by atoms with van der Waals surface area (Å²) in [5.74, 6) is 2.77. The zero-order valence-corrected chi connectivity index (χ0v) is 18.0. The molecule has 158 valence electrons. The highest BCUT2D eigenvalue weighted by Gasteiger charge is 2.50. The number of nitrogens with zero attached hydrogens (tertiary/aromatic N) is 1. The van der Waals surface area contributed by atoms with Crippen molar-refractivity contribution in [1.29, 1.82) is 0 Å². The lowest BCUT2D eigenvalue weighted by Crippen LogP contribution is -2.49. The number of para-hydroxylation sites is 1. The van der Waals surface area contributed by atoms with Crippen molar-refractivity contribution in [3.05, 3.63) is 54.6 Å². The van der Waals surface area contributed by atoms with E-state index in [9.17, 15) is 13.2 Å². The summed E-state index contributed by atoms with van der Waals surface area (Å²) in [6.07, 6.45) is 6.08. The van der Waals surface area contributed by atoms with Crippen molar-refractivity contribution in [2.45, 2.75) is 37.0 Å². The van der Waals surface area contributed by atoms with E-state index in [2.05, 4.69) is 5.32 Å². The van der Waals surface area contributed by atoms with Crippen molar-refractivity contribution in [2.24, 2.45) is 29.6 Å². The van der Waals surface area contributed by atoms with Gasteiger partial charge in [-0.2, -0.15) is 0 Å². The van der Waals surface area contributed by atoms with E-state index in [0.717, 1.165) is 11.8 Å². The van der Waals surface area contributed by atoms with Crippen LogP contribution in [-0.4, -0.2) is 21.4 Å². The first-order chi connectivity index (χ1) is 14.4. The number of nitrogens with one attached hydrogen (secondary N) is 1. The van der Waals surface area contributed by atoms with Gasteiger partial charge in [-0.1, -0.05) is 24.3 Å². The standard InChI is InChI=1S/C24H28N2O3S/c1-26(21-7-3-2-4-8-21)30(28,29)22-9-5-6-20(15-22)25-24(27)23-18-11-16-10-17(13-18)14-19(23)12-16/h2-9,15-19,23H,10-14H2,1H3,(H,25,27). The van der Waals surface area contributed by atoms with Crippen molar-refractivity contribution in [3.8, 4) is 0 Å². The van der Waals surface area contributed by atoms with E-state index >= 15 is 0 Å². The van der Waals surface area contributed by atoms with Crippen molar-refractivity contribution >= 4 is 27.3 Å². The van der Waals surface area contributed by atoms with Gasteiger partial charge >= 0.3 is 0 Å². The zero-order valence-electron chi connectivity index (χ0n) is 17.2. The van der Waals surface area contributed by atoms with Crippen molar-refractivity contribution in [1.82, 2.24) is 0 Å². The molecular weight excluding hydrogens is 396 g/mol. The van der Waals surface area contributed by atoms with E-state index in [1.54, 1.807) is 43.4 Å². The molecule has 4 bridgehead atoms. The van der Waals surface area contributed by atoms with Gasteiger partial charge in [0.25, 0.3) is 10.0 Å². The molecule has 0 atom stereocenters. The van der Waals surface area contributed by atoms with Crippen molar-refractivity contribution in [3.63, 3.8) is 0 Å². The highest BCUT2D eigenvalue weighted by molar-refractivity contribution is 7.92. The number of benzene rings is 2. The fourth-order valence-corrected chi connectivity index (χ4v) is 7.49. The molecule has 1 N–H and O–H groups in total. The molecule has 0 aliphatic heterocycles. The summed E-state index contributed by atoms with van der Waals surface area (Å²) in [5.41, 5.74) is 1.15. The topological polar surface area (TPSA) is 66.5 Å². The summed E-state index contributed by atoms with van der Waals surface area (Å²) >= 11 is 0. The molecule has 0 saturated heterocycles. The molecule has 0 unspecified atom stereocenters. The molecule has 2 aromatic carbocycles. The predicted molar refractivity (Wildman–Crippen MR) is 118 cm³/mol. The number of carbonyl (C=O) groups is 1. The predicted octanol–water partition coefficient (Wildman–Crippen LogP) is 4.52. The molecule has 4 fully saturated rings. The smallest absolute Gasteiger partial charge is 0.264 e. The highest BCUT2D eigenvalue weighted by Crippen LogP contribution is 2.56. The molecule has 0 spiro atoms. The maximum absolute atomic E-state index is 13.1. The summed E-state index contributed by atoms with van der Waals surface area (Å²) in [4.78, 5) is 13.3. The Morgan fingerprint density at radius 2 is 1.53 bits per heavy atom. The lowest BCUT2D eigenvalue weighted by molar-refractivity contribution is -0.132. The lowest BCUT2D eigenvalue weighted by atomic mass is 9.51. The number of sulfonamides is 1. The lowest BCUT2D eigenvalue weighted by Gasteiger charge is -2.53.